The van der Waals surface area contributed by atoms with Gasteiger partial charge in [0.15, 0.2) is 5.78 Å². The van der Waals surface area contributed by atoms with E-state index in [0.717, 1.165) is 24.2 Å². The molecule has 0 saturated heterocycles. The fraction of sp³-hybridized carbons (Fsp3) is 0.200. The van der Waals surface area contributed by atoms with Gasteiger partial charge in [0.25, 0.3) is 0 Å². The molecule has 2 aromatic rings. The third kappa shape index (κ3) is 3.21. The van der Waals surface area contributed by atoms with Crippen molar-refractivity contribution in [3.63, 3.8) is 0 Å². The second-order valence-corrected chi connectivity index (χ2v) is 5.83. The van der Waals surface area contributed by atoms with Crippen LogP contribution in [-0.4, -0.2) is 18.9 Å². The van der Waals surface area contributed by atoms with Crippen LogP contribution in [0.2, 0.25) is 0 Å². The van der Waals surface area contributed by atoms with Crippen molar-refractivity contribution in [2.75, 3.05) is 18.0 Å². The fourth-order valence-electron chi connectivity index (χ4n) is 2.92. The smallest absolute Gasteiger partial charge is 0.159 e. The number of benzene rings is 2. The Kier molecular flexibility index (Phi) is 4.43. The highest BCUT2D eigenvalue weighted by molar-refractivity contribution is 5.95. The van der Waals surface area contributed by atoms with Gasteiger partial charge in [-0.2, -0.15) is 5.26 Å². The topological polar surface area (TPSA) is 44.1 Å². The van der Waals surface area contributed by atoms with Gasteiger partial charge in [0.05, 0.1) is 11.3 Å². The molecule has 0 aliphatic carbocycles. The van der Waals surface area contributed by atoms with Gasteiger partial charge in [-0.3, -0.25) is 4.79 Å². The molecule has 1 heterocycles. The van der Waals surface area contributed by atoms with Crippen molar-refractivity contribution in [3.05, 3.63) is 71.0 Å². The summed E-state index contributed by atoms with van der Waals surface area (Å²) in [5.74, 6) is -0.253. The molecule has 0 amide bonds. The van der Waals surface area contributed by atoms with Gasteiger partial charge in [-0.15, -0.1) is 0 Å². The molecule has 4 heteroatoms. The maximum atomic E-state index is 13.0. The molecule has 0 fully saturated rings. The number of anilines is 1. The van der Waals surface area contributed by atoms with Gasteiger partial charge in [0, 0.05) is 18.7 Å². The van der Waals surface area contributed by atoms with E-state index in [0.29, 0.717) is 17.7 Å². The molecule has 0 N–H and O–H groups in total. The van der Waals surface area contributed by atoms with Gasteiger partial charge in [-0.25, -0.2) is 4.39 Å². The van der Waals surface area contributed by atoms with Crippen LogP contribution in [0.25, 0.3) is 5.57 Å². The quantitative estimate of drug-likeness (QED) is 0.796. The average Bonchev–Trinajstić information content (AvgIpc) is 2.62. The molecule has 24 heavy (non-hydrogen) atoms. The minimum atomic E-state index is -0.239. The van der Waals surface area contributed by atoms with Crippen molar-refractivity contribution in [1.82, 2.24) is 0 Å². The first-order chi connectivity index (χ1) is 11.6. The lowest BCUT2D eigenvalue weighted by Crippen LogP contribution is -2.29. The normalized spacial score (nSPS) is 14.0. The van der Waals surface area contributed by atoms with Crippen molar-refractivity contribution < 1.29 is 9.18 Å². The summed E-state index contributed by atoms with van der Waals surface area (Å²) < 4.78 is 13.0. The lowest BCUT2D eigenvalue weighted by atomic mass is 9.98. The highest BCUT2D eigenvalue weighted by Crippen LogP contribution is 2.28. The van der Waals surface area contributed by atoms with Crippen LogP contribution in [0.4, 0.5) is 10.1 Å². The number of nitriles is 1. The van der Waals surface area contributed by atoms with Crippen LogP contribution >= 0.6 is 0 Å². The summed E-state index contributed by atoms with van der Waals surface area (Å²) in [4.78, 5) is 13.7. The number of halogens is 1. The monoisotopic (exact) mass is 320 g/mol. The largest absolute Gasteiger partial charge is 0.366 e. The van der Waals surface area contributed by atoms with E-state index >= 15 is 0 Å². The molecule has 1 aliphatic rings. The standard InChI is InChI=1S/C20H17FN2O/c1-14(24)17-2-3-18(13-22)20(12-17)23-10-8-16(9-11-23)15-4-6-19(21)7-5-15/h2-8,12H,9-11H2,1H3. The molecule has 0 aromatic heterocycles. The summed E-state index contributed by atoms with van der Waals surface area (Å²) in [7, 11) is 0. The number of hydrogen-bond acceptors (Lipinski definition) is 3. The van der Waals surface area contributed by atoms with Gasteiger partial charge in [0.2, 0.25) is 0 Å². The van der Waals surface area contributed by atoms with Crippen LogP contribution in [-0.2, 0) is 0 Å². The second kappa shape index (κ2) is 6.67. The number of carbonyl (C=O) groups excluding carboxylic acids is 1. The first-order valence-electron chi connectivity index (χ1n) is 7.83. The van der Waals surface area contributed by atoms with E-state index in [1.165, 1.54) is 24.6 Å². The molecule has 0 spiro atoms. The Morgan fingerprint density at radius 2 is 1.96 bits per heavy atom. The zero-order valence-corrected chi connectivity index (χ0v) is 13.4. The molecule has 3 nitrogen and oxygen atoms in total. The van der Waals surface area contributed by atoms with Gasteiger partial charge in [-0.1, -0.05) is 18.2 Å². The van der Waals surface area contributed by atoms with Crippen LogP contribution in [0.1, 0.15) is 34.8 Å². The molecule has 120 valence electrons. The van der Waals surface area contributed by atoms with Crippen LogP contribution < -0.4 is 4.90 Å². The molecule has 0 saturated carbocycles. The first kappa shape index (κ1) is 15.9. The Balaban J connectivity index is 1.86. The van der Waals surface area contributed by atoms with Crippen LogP contribution in [0, 0.1) is 17.1 Å². The third-order valence-electron chi connectivity index (χ3n) is 4.29. The SMILES string of the molecule is CC(=O)c1ccc(C#N)c(N2CC=C(c3ccc(F)cc3)CC2)c1. The lowest BCUT2D eigenvalue weighted by Gasteiger charge is -2.29. The number of Topliss-reactive ketones (excluding diaryl/α,β-unsaturated/α-hetero) is 1. The Hall–Kier alpha value is -2.93. The van der Waals surface area contributed by atoms with E-state index in [1.54, 1.807) is 30.3 Å². The van der Waals surface area contributed by atoms with Gasteiger partial charge < -0.3 is 4.90 Å². The van der Waals surface area contributed by atoms with Crippen LogP contribution in [0.15, 0.2) is 48.5 Å². The van der Waals surface area contributed by atoms with E-state index in [-0.39, 0.29) is 11.6 Å². The summed E-state index contributed by atoms with van der Waals surface area (Å²) >= 11 is 0. The minimum Gasteiger partial charge on any atom is -0.366 e. The Morgan fingerprint density at radius 1 is 1.21 bits per heavy atom. The van der Waals surface area contributed by atoms with Crippen molar-refractivity contribution in [2.45, 2.75) is 13.3 Å². The van der Waals surface area contributed by atoms with Gasteiger partial charge >= 0.3 is 0 Å². The highest BCUT2D eigenvalue weighted by atomic mass is 19.1. The van der Waals surface area contributed by atoms with Gasteiger partial charge in [-0.05, 0) is 54.8 Å². The van der Waals surface area contributed by atoms with Crippen molar-refractivity contribution in [1.29, 1.82) is 5.26 Å². The summed E-state index contributed by atoms with van der Waals surface area (Å²) in [5, 5.41) is 9.32. The molecular weight excluding hydrogens is 303 g/mol. The third-order valence-corrected chi connectivity index (χ3v) is 4.29. The van der Waals surface area contributed by atoms with Gasteiger partial charge in [0.1, 0.15) is 11.9 Å². The molecule has 3 rings (SSSR count). The molecule has 0 radical (unpaired) electrons. The van der Waals surface area contributed by atoms with E-state index in [4.69, 9.17) is 0 Å². The zero-order chi connectivity index (χ0) is 17.1. The van der Waals surface area contributed by atoms with E-state index in [2.05, 4.69) is 17.0 Å². The number of nitrogens with zero attached hydrogens (tertiary/aromatic N) is 2. The predicted molar refractivity (Wildman–Crippen MR) is 92.4 cm³/mol. The zero-order valence-electron chi connectivity index (χ0n) is 13.4. The highest BCUT2D eigenvalue weighted by Gasteiger charge is 2.17. The fourth-order valence-corrected chi connectivity index (χ4v) is 2.92. The van der Waals surface area contributed by atoms with Crippen molar-refractivity contribution >= 4 is 17.0 Å². The Morgan fingerprint density at radius 3 is 2.54 bits per heavy atom. The number of rotatable bonds is 3. The molecule has 2 aromatic carbocycles. The molecular formula is C20H17FN2O. The van der Waals surface area contributed by atoms with E-state index in [1.807, 2.05) is 0 Å². The Bertz CT molecular complexity index is 847. The molecule has 0 atom stereocenters. The van der Waals surface area contributed by atoms with E-state index < -0.39 is 0 Å². The Labute approximate surface area is 140 Å². The number of hydrogen-bond donors (Lipinski definition) is 0. The molecule has 1 aliphatic heterocycles. The van der Waals surface area contributed by atoms with Crippen LogP contribution in [0.3, 0.4) is 0 Å². The molecule has 0 bridgehead atoms. The minimum absolute atomic E-state index is 0.0136. The summed E-state index contributed by atoms with van der Waals surface area (Å²) in [5.41, 5.74) is 4.16. The first-order valence-corrected chi connectivity index (χ1v) is 7.83. The summed E-state index contributed by atoms with van der Waals surface area (Å²) in [6.45, 7) is 2.93. The van der Waals surface area contributed by atoms with Crippen LogP contribution in [0.5, 0.6) is 0 Å². The van der Waals surface area contributed by atoms with E-state index in [9.17, 15) is 14.4 Å². The maximum Gasteiger partial charge on any atom is 0.159 e. The number of carbonyl (C=O) groups is 1. The van der Waals surface area contributed by atoms with Crippen molar-refractivity contribution in [2.24, 2.45) is 0 Å². The summed E-state index contributed by atoms with van der Waals surface area (Å²) in [6.07, 6.45) is 2.90. The summed E-state index contributed by atoms with van der Waals surface area (Å²) in [6, 6.07) is 13.9. The number of ketones is 1. The lowest BCUT2D eigenvalue weighted by molar-refractivity contribution is 0.101. The average molecular weight is 320 g/mol. The van der Waals surface area contributed by atoms with Crippen molar-refractivity contribution in [3.8, 4) is 6.07 Å². The second-order valence-electron chi connectivity index (χ2n) is 5.83. The maximum absolute atomic E-state index is 13.0. The molecule has 0 unspecified atom stereocenters. The predicted octanol–water partition coefficient (Wildman–Crippen LogP) is 4.19.